The molecular weight excluding hydrogens is 168 g/mol. The van der Waals surface area contributed by atoms with Crippen LogP contribution in [0.5, 0.6) is 0 Å². The molecule has 1 rings (SSSR count). The summed E-state index contributed by atoms with van der Waals surface area (Å²) in [7, 11) is 0. The predicted molar refractivity (Wildman–Crippen MR) is 49.0 cm³/mol. The van der Waals surface area contributed by atoms with Crippen molar-refractivity contribution in [2.24, 2.45) is 5.92 Å². The Hall–Kier alpha value is -1.06. The zero-order valence-electron chi connectivity index (χ0n) is 7.93. The van der Waals surface area contributed by atoms with Crippen LogP contribution in [0.15, 0.2) is 0 Å². The number of rotatable bonds is 5. The van der Waals surface area contributed by atoms with Crippen LogP contribution in [0.25, 0.3) is 0 Å². The first-order valence-corrected chi connectivity index (χ1v) is 4.75. The molecule has 0 aromatic rings. The summed E-state index contributed by atoms with van der Waals surface area (Å²) < 4.78 is 0. The number of nitrogens with one attached hydrogen (secondary N) is 2. The van der Waals surface area contributed by atoms with Crippen LogP contribution in [-0.2, 0) is 9.59 Å². The van der Waals surface area contributed by atoms with Gasteiger partial charge in [0.05, 0.1) is 6.54 Å². The summed E-state index contributed by atoms with van der Waals surface area (Å²) in [6.45, 7) is 2.64. The first-order valence-electron chi connectivity index (χ1n) is 4.75. The van der Waals surface area contributed by atoms with Crippen LogP contribution in [0, 0.1) is 5.92 Å². The largest absolute Gasteiger partial charge is 0.354 e. The normalized spacial score (nSPS) is 15.2. The Bertz CT molecular complexity index is 200. The molecule has 0 bridgehead atoms. The summed E-state index contributed by atoms with van der Waals surface area (Å²) in [5, 5.41) is 5.30. The summed E-state index contributed by atoms with van der Waals surface area (Å²) in [4.78, 5) is 21.8. The zero-order valence-corrected chi connectivity index (χ0v) is 7.93. The molecular formula is C9H16N2O2. The van der Waals surface area contributed by atoms with Crippen molar-refractivity contribution >= 4 is 11.8 Å². The van der Waals surface area contributed by atoms with E-state index in [4.69, 9.17) is 0 Å². The van der Waals surface area contributed by atoms with Crippen LogP contribution in [0.3, 0.4) is 0 Å². The van der Waals surface area contributed by atoms with Crippen molar-refractivity contribution in [3.8, 4) is 0 Å². The molecule has 4 heteroatoms. The molecule has 2 amide bonds. The van der Waals surface area contributed by atoms with Gasteiger partial charge in [-0.3, -0.25) is 9.59 Å². The third-order valence-corrected chi connectivity index (χ3v) is 2.05. The molecule has 0 radical (unpaired) electrons. The van der Waals surface area contributed by atoms with Crippen LogP contribution in [0.4, 0.5) is 0 Å². The molecule has 1 fully saturated rings. The van der Waals surface area contributed by atoms with Crippen molar-refractivity contribution in [2.45, 2.75) is 26.2 Å². The van der Waals surface area contributed by atoms with Gasteiger partial charge in [0.2, 0.25) is 11.8 Å². The highest BCUT2D eigenvalue weighted by molar-refractivity contribution is 5.84. The van der Waals surface area contributed by atoms with E-state index in [1.165, 1.54) is 12.8 Å². The molecule has 0 saturated heterocycles. The Morgan fingerprint density at radius 1 is 1.23 bits per heavy atom. The molecule has 2 N–H and O–H groups in total. The fourth-order valence-electron chi connectivity index (χ4n) is 0.947. The number of carbonyl (C=O) groups excluding carboxylic acids is 2. The van der Waals surface area contributed by atoms with E-state index in [0.717, 1.165) is 6.54 Å². The van der Waals surface area contributed by atoms with E-state index < -0.39 is 0 Å². The topological polar surface area (TPSA) is 58.2 Å². The maximum absolute atomic E-state index is 11.1. The SMILES string of the molecule is CCC(=O)NCC(=O)NCC1CC1. The molecule has 0 atom stereocenters. The van der Waals surface area contributed by atoms with Gasteiger partial charge >= 0.3 is 0 Å². The summed E-state index contributed by atoms with van der Waals surface area (Å²) in [6.07, 6.45) is 2.87. The first-order chi connectivity index (χ1) is 6.22. The molecule has 0 aliphatic heterocycles. The van der Waals surface area contributed by atoms with Crippen LogP contribution in [0.1, 0.15) is 26.2 Å². The smallest absolute Gasteiger partial charge is 0.239 e. The number of hydrogen-bond acceptors (Lipinski definition) is 2. The van der Waals surface area contributed by atoms with Crippen molar-refractivity contribution in [1.29, 1.82) is 0 Å². The Morgan fingerprint density at radius 2 is 1.92 bits per heavy atom. The monoisotopic (exact) mass is 184 g/mol. The lowest BCUT2D eigenvalue weighted by Gasteiger charge is -2.04. The molecule has 74 valence electrons. The van der Waals surface area contributed by atoms with Crippen molar-refractivity contribution in [1.82, 2.24) is 10.6 Å². The molecule has 0 aromatic carbocycles. The fourth-order valence-corrected chi connectivity index (χ4v) is 0.947. The Kier molecular flexibility index (Phi) is 3.73. The average molecular weight is 184 g/mol. The minimum absolute atomic E-state index is 0.0819. The minimum Gasteiger partial charge on any atom is -0.354 e. The number of hydrogen-bond donors (Lipinski definition) is 2. The van der Waals surface area contributed by atoms with E-state index in [1.807, 2.05) is 0 Å². The van der Waals surface area contributed by atoms with E-state index in [9.17, 15) is 9.59 Å². The van der Waals surface area contributed by atoms with Gasteiger partial charge in [-0.15, -0.1) is 0 Å². The summed E-state index contributed by atoms with van der Waals surface area (Å²) >= 11 is 0. The van der Waals surface area contributed by atoms with Gasteiger partial charge in [0.1, 0.15) is 0 Å². The summed E-state index contributed by atoms with van der Waals surface area (Å²) in [5.74, 6) is 0.515. The molecule has 1 aliphatic rings. The third-order valence-electron chi connectivity index (χ3n) is 2.05. The highest BCUT2D eigenvalue weighted by atomic mass is 16.2. The van der Waals surface area contributed by atoms with Gasteiger partial charge in [-0.2, -0.15) is 0 Å². The van der Waals surface area contributed by atoms with Crippen molar-refractivity contribution in [2.75, 3.05) is 13.1 Å². The van der Waals surface area contributed by atoms with Crippen molar-refractivity contribution in [3.05, 3.63) is 0 Å². The van der Waals surface area contributed by atoms with E-state index in [-0.39, 0.29) is 18.4 Å². The van der Waals surface area contributed by atoms with Gasteiger partial charge < -0.3 is 10.6 Å². The van der Waals surface area contributed by atoms with Gasteiger partial charge in [-0.25, -0.2) is 0 Å². The lowest BCUT2D eigenvalue weighted by atomic mass is 10.4. The van der Waals surface area contributed by atoms with Gasteiger partial charge in [-0.05, 0) is 18.8 Å². The maximum Gasteiger partial charge on any atom is 0.239 e. The molecule has 13 heavy (non-hydrogen) atoms. The highest BCUT2D eigenvalue weighted by Crippen LogP contribution is 2.27. The highest BCUT2D eigenvalue weighted by Gasteiger charge is 2.21. The lowest BCUT2D eigenvalue weighted by Crippen LogP contribution is -2.37. The van der Waals surface area contributed by atoms with Crippen molar-refractivity contribution in [3.63, 3.8) is 0 Å². The van der Waals surface area contributed by atoms with Crippen LogP contribution in [0.2, 0.25) is 0 Å². The van der Waals surface area contributed by atoms with E-state index in [0.29, 0.717) is 12.3 Å². The van der Waals surface area contributed by atoms with Gasteiger partial charge in [0.25, 0.3) is 0 Å². The average Bonchev–Trinajstić information content (AvgIpc) is 2.94. The van der Waals surface area contributed by atoms with Crippen molar-refractivity contribution < 1.29 is 9.59 Å². The Morgan fingerprint density at radius 3 is 2.46 bits per heavy atom. The number of amides is 2. The third kappa shape index (κ3) is 4.50. The van der Waals surface area contributed by atoms with Crippen LogP contribution < -0.4 is 10.6 Å². The first kappa shape index (κ1) is 10.0. The molecule has 4 nitrogen and oxygen atoms in total. The Labute approximate surface area is 78.1 Å². The number of carbonyl (C=O) groups is 2. The molecule has 1 aliphatic carbocycles. The molecule has 0 heterocycles. The summed E-state index contributed by atoms with van der Waals surface area (Å²) in [6, 6.07) is 0. The van der Waals surface area contributed by atoms with E-state index in [1.54, 1.807) is 6.92 Å². The predicted octanol–water partition coefficient (Wildman–Crippen LogP) is 0.0388. The lowest BCUT2D eigenvalue weighted by molar-refractivity contribution is -0.125. The fraction of sp³-hybridized carbons (Fsp3) is 0.778. The van der Waals surface area contributed by atoms with E-state index in [2.05, 4.69) is 10.6 Å². The zero-order chi connectivity index (χ0) is 9.68. The molecule has 1 saturated carbocycles. The quantitative estimate of drug-likeness (QED) is 0.633. The second-order valence-corrected chi connectivity index (χ2v) is 3.38. The summed E-state index contributed by atoms with van der Waals surface area (Å²) in [5.41, 5.74) is 0. The standard InChI is InChI=1S/C9H16N2O2/c1-2-8(12)11-6-9(13)10-5-7-3-4-7/h7H,2-6H2,1H3,(H,10,13)(H,11,12). The van der Waals surface area contributed by atoms with Gasteiger partial charge in [0, 0.05) is 13.0 Å². The molecule has 0 unspecified atom stereocenters. The van der Waals surface area contributed by atoms with E-state index >= 15 is 0 Å². The van der Waals surface area contributed by atoms with Gasteiger partial charge in [-0.1, -0.05) is 6.92 Å². The molecule has 0 spiro atoms. The van der Waals surface area contributed by atoms with Gasteiger partial charge in [0.15, 0.2) is 0 Å². The van der Waals surface area contributed by atoms with Crippen LogP contribution >= 0.6 is 0 Å². The second-order valence-electron chi connectivity index (χ2n) is 3.38. The maximum atomic E-state index is 11.1. The second kappa shape index (κ2) is 4.84. The van der Waals surface area contributed by atoms with Crippen LogP contribution in [-0.4, -0.2) is 24.9 Å². The Balaban J connectivity index is 1.99. The minimum atomic E-state index is -0.0892. The molecule has 0 aromatic heterocycles.